The third kappa shape index (κ3) is 4.43. The maximum absolute atomic E-state index is 12.8. The second-order valence-electron chi connectivity index (χ2n) is 6.33. The van der Waals surface area contributed by atoms with Crippen LogP contribution in [0.4, 0.5) is 4.79 Å². The van der Waals surface area contributed by atoms with Crippen LogP contribution in [0, 0.1) is 5.92 Å². The molecule has 0 aliphatic carbocycles. The smallest absolute Gasteiger partial charge is 0.409 e. The number of rotatable bonds is 5. The summed E-state index contributed by atoms with van der Waals surface area (Å²) >= 11 is 1.64. The first-order valence-corrected chi connectivity index (χ1v) is 9.87. The Hall–Kier alpha value is -2.34. The van der Waals surface area contributed by atoms with Gasteiger partial charge in [0.15, 0.2) is 0 Å². The Morgan fingerprint density at radius 3 is 2.54 bits per heavy atom. The van der Waals surface area contributed by atoms with Crippen LogP contribution in [0.5, 0.6) is 0 Å². The molecule has 1 aliphatic heterocycles. The van der Waals surface area contributed by atoms with Gasteiger partial charge in [-0.3, -0.25) is 4.79 Å². The molecular weight excluding hydrogens is 348 g/mol. The summed E-state index contributed by atoms with van der Waals surface area (Å²) < 4.78 is 5.04. The number of amides is 2. The van der Waals surface area contributed by atoms with E-state index < -0.39 is 0 Å². The van der Waals surface area contributed by atoms with Crippen molar-refractivity contribution in [1.29, 1.82) is 0 Å². The molecule has 2 aromatic rings. The van der Waals surface area contributed by atoms with E-state index in [0.29, 0.717) is 32.5 Å². The second kappa shape index (κ2) is 8.85. The SMILES string of the molecule is CCOC(=O)N1CCC(C(=O)NC(c2ccccc2)c2cccs2)CC1. The first-order valence-electron chi connectivity index (χ1n) is 8.99. The molecule has 1 atom stereocenters. The number of thiophene rings is 1. The summed E-state index contributed by atoms with van der Waals surface area (Å²) in [6.45, 7) is 3.29. The molecule has 2 amide bonds. The van der Waals surface area contributed by atoms with Crippen LogP contribution in [-0.4, -0.2) is 36.6 Å². The van der Waals surface area contributed by atoms with E-state index in [1.54, 1.807) is 23.2 Å². The Labute approximate surface area is 158 Å². The number of nitrogens with one attached hydrogen (secondary N) is 1. The van der Waals surface area contributed by atoms with Gasteiger partial charge in [-0.2, -0.15) is 0 Å². The van der Waals surface area contributed by atoms with Crippen molar-refractivity contribution in [3.05, 3.63) is 58.3 Å². The van der Waals surface area contributed by atoms with Gasteiger partial charge in [0, 0.05) is 23.9 Å². The summed E-state index contributed by atoms with van der Waals surface area (Å²) in [4.78, 5) is 27.4. The molecule has 1 aromatic heterocycles. The van der Waals surface area contributed by atoms with Gasteiger partial charge < -0.3 is 15.0 Å². The number of hydrogen-bond donors (Lipinski definition) is 1. The second-order valence-corrected chi connectivity index (χ2v) is 7.31. The fourth-order valence-electron chi connectivity index (χ4n) is 3.22. The van der Waals surface area contributed by atoms with Crippen molar-refractivity contribution >= 4 is 23.3 Å². The summed E-state index contributed by atoms with van der Waals surface area (Å²) in [6, 6.07) is 13.9. The van der Waals surface area contributed by atoms with Crippen LogP contribution in [0.2, 0.25) is 0 Å². The lowest BCUT2D eigenvalue weighted by Gasteiger charge is -2.31. The monoisotopic (exact) mass is 372 g/mol. The molecule has 1 saturated heterocycles. The first-order chi connectivity index (χ1) is 12.7. The summed E-state index contributed by atoms with van der Waals surface area (Å²) in [5, 5.41) is 5.23. The Bertz CT molecular complexity index is 710. The fourth-order valence-corrected chi connectivity index (χ4v) is 4.02. The summed E-state index contributed by atoms with van der Waals surface area (Å²) in [5.41, 5.74) is 1.08. The van der Waals surface area contributed by atoms with Gasteiger partial charge in [-0.25, -0.2) is 4.79 Å². The van der Waals surface area contributed by atoms with Crippen molar-refractivity contribution in [1.82, 2.24) is 10.2 Å². The molecule has 1 aromatic carbocycles. The van der Waals surface area contributed by atoms with Crippen LogP contribution in [0.1, 0.15) is 36.2 Å². The molecule has 26 heavy (non-hydrogen) atoms. The highest BCUT2D eigenvalue weighted by atomic mass is 32.1. The zero-order valence-corrected chi connectivity index (χ0v) is 15.7. The van der Waals surface area contributed by atoms with Gasteiger partial charge in [-0.15, -0.1) is 11.3 Å². The summed E-state index contributed by atoms with van der Waals surface area (Å²) in [5.74, 6) is -0.0254. The predicted octanol–water partition coefficient (Wildman–Crippen LogP) is 3.82. The standard InChI is InChI=1S/C20H24N2O3S/c1-2-25-20(24)22-12-10-16(11-13-22)19(23)21-18(17-9-6-14-26-17)15-7-4-3-5-8-15/h3-9,14,16,18H,2,10-13H2,1H3,(H,21,23). The minimum absolute atomic E-state index is 0.0516. The maximum Gasteiger partial charge on any atom is 0.409 e. The molecule has 1 unspecified atom stereocenters. The van der Waals surface area contributed by atoms with Crippen LogP contribution in [-0.2, 0) is 9.53 Å². The van der Waals surface area contributed by atoms with E-state index in [9.17, 15) is 9.59 Å². The highest BCUT2D eigenvalue weighted by molar-refractivity contribution is 7.10. The Kier molecular flexibility index (Phi) is 6.28. The highest BCUT2D eigenvalue weighted by Gasteiger charge is 2.29. The number of hydrogen-bond acceptors (Lipinski definition) is 4. The zero-order valence-electron chi connectivity index (χ0n) is 14.9. The van der Waals surface area contributed by atoms with Crippen molar-refractivity contribution in [2.75, 3.05) is 19.7 Å². The quantitative estimate of drug-likeness (QED) is 0.868. The van der Waals surface area contributed by atoms with E-state index >= 15 is 0 Å². The van der Waals surface area contributed by atoms with E-state index in [1.807, 2.05) is 47.8 Å². The molecule has 1 fully saturated rings. The minimum Gasteiger partial charge on any atom is -0.450 e. The molecule has 0 radical (unpaired) electrons. The number of carbonyl (C=O) groups excluding carboxylic acids is 2. The summed E-state index contributed by atoms with van der Waals surface area (Å²) in [7, 11) is 0. The molecule has 3 rings (SSSR count). The fraction of sp³-hybridized carbons (Fsp3) is 0.400. The molecule has 0 bridgehead atoms. The van der Waals surface area contributed by atoms with E-state index in [-0.39, 0.29) is 24.0 Å². The molecular formula is C20H24N2O3S. The van der Waals surface area contributed by atoms with E-state index in [2.05, 4.69) is 5.32 Å². The molecule has 2 heterocycles. The molecule has 6 heteroatoms. The Morgan fingerprint density at radius 2 is 1.92 bits per heavy atom. The molecule has 0 spiro atoms. The molecule has 138 valence electrons. The van der Waals surface area contributed by atoms with Crippen LogP contribution in [0.25, 0.3) is 0 Å². The number of ether oxygens (including phenoxy) is 1. The first kappa shape index (κ1) is 18.5. The third-order valence-corrected chi connectivity index (χ3v) is 5.58. The lowest BCUT2D eigenvalue weighted by atomic mass is 9.95. The van der Waals surface area contributed by atoms with Crippen LogP contribution < -0.4 is 5.32 Å². The van der Waals surface area contributed by atoms with Crippen molar-refractivity contribution in [2.24, 2.45) is 5.92 Å². The van der Waals surface area contributed by atoms with Crippen LogP contribution >= 0.6 is 11.3 Å². The van der Waals surface area contributed by atoms with Gasteiger partial charge in [0.05, 0.1) is 12.6 Å². The normalized spacial score (nSPS) is 16.1. The van der Waals surface area contributed by atoms with Crippen molar-refractivity contribution in [3.63, 3.8) is 0 Å². The molecule has 0 saturated carbocycles. The number of carbonyl (C=O) groups is 2. The lowest BCUT2D eigenvalue weighted by Crippen LogP contribution is -2.44. The van der Waals surface area contributed by atoms with E-state index in [1.165, 1.54) is 0 Å². The molecule has 5 nitrogen and oxygen atoms in total. The van der Waals surface area contributed by atoms with Crippen LogP contribution in [0.3, 0.4) is 0 Å². The van der Waals surface area contributed by atoms with Crippen LogP contribution in [0.15, 0.2) is 47.8 Å². The number of likely N-dealkylation sites (tertiary alicyclic amines) is 1. The predicted molar refractivity (Wildman–Crippen MR) is 102 cm³/mol. The minimum atomic E-state index is -0.285. The van der Waals surface area contributed by atoms with Crippen molar-refractivity contribution in [2.45, 2.75) is 25.8 Å². The van der Waals surface area contributed by atoms with Gasteiger partial charge >= 0.3 is 6.09 Å². The third-order valence-electron chi connectivity index (χ3n) is 4.64. The topological polar surface area (TPSA) is 58.6 Å². The number of benzene rings is 1. The molecule has 1 aliphatic rings. The zero-order chi connectivity index (χ0) is 18.4. The number of piperidine rings is 1. The van der Waals surface area contributed by atoms with Crippen molar-refractivity contribution < 1.29 is 14.3 Å². The van der Waals surface area contributed by atoms with Crippen molar-refractivity contribution in [3.8, 4) is 0 Å². The Morgan fingerprint density at radius 1 is 1.19 bits per heavy atom. The van der Waals surface area contributed by atoms with Gasteiger partial charge in [0.25, 0.3) is 0 Å². The molecule has 1 N–H and O–H groups in total. The largest absolute Gasteiger partial charge is 0.450 e. The van der Waals surface area contributed by atoms with E-state index in [4.69, 9.17) is 4.74 Å². The highest BCUT2D eigenvalue weighted by Crippen LogP contribution is 2.27. The van der Waals surface area contributed by atoms with Gasteiger partial charge in [-0.1, -0.05) is 36.4 Å². The lowest BCUT2D eigenvalue weighted by molar-refractivity contribution is -0.126. The van der Waals surface area contributed by atoms with Gasteiger partial charge in [-0.05, 0) is 36.8 Å². The van der Waals surface area contributed by atoms with Gasteiger partial charge in [0.2, 0.25) is 5.91 Å². The van der Waals surface area contributed by atoms with Gasteiger partial charge in [0.1, 0.15) is 0 Å². The summed E-state index contributed by atoms with van der Waals surface area (Å²) in [6.07, 6.45) is 1.04. The Balaban J connectivity index is 1.63. The maximum atomic E-state index is 12.8. The van der Waals surface area contributed by atoms with E-state index in [0.717, 1.165) is 10.4 Å². The average Bonchev–Trinajstić information content (AvgIpc) is 3.21. The number of nitrogens with zero attached hydrogens (tertiary/aromatic N) is 1. The average molecular weight is 372 g/mol.